The van der Waals surface area contributed by atoms with E-state index in [2.05, 4.69) is 15.5 Å². The number of fused-ring (bicyclic) bond motifs is 2. The average Bonchev–Trinajstić information content (AvgIpc) is 3.59. The molecule has 1 aliphatic heterocycles. The number of imide groups is 1. The predicted octanol–water partition coefficient (Wildman–Crippen LogP) is 2.93. The van der Waals surface area contributed by atoms with Gasteiger partial charge in [-0.1, -0.05) is 37.3 Å². The maximum atomic E-state index is 13.3. The molecular weight excluding hydrogens is 442 g/mol. The van der Waals surface area contributed by atoms with Crippen LogP contribution < -0.4 is 5.32 Å². The van der Waals surface area contributed by atoms with Crippen LogP contribution in [0.4, 0.5) is 4.79 Å². The maximum absolute atomic E-state index is 13.3. The monoisotopic (exact) mass is 465 g/mol. The Morgan fingerprint density at radius 2 is 2.09 bits per heavy atom. The number of carbonyl (C=O) groups is 3. The van der Waals surface area contributed by atoms with Crippen LogP contribution in [0.25, 0.3) is 10.8 Å². The van der Waals surface area contributed by atoms with Gasteiger partial charge in [0.2, 0.25) is 11.8 Å². The van der Waals surface area contributed by atoms with Crippen molar-refractivity contribution < 1.29 is 18.8 Å². The summed E-state index contributed by atoms with van der Waals surface area (Å²) in [7, 11) is 0. The van der Waals surface area contributed by atoms with Gasteiger partial charge >= 0.3 is 6.03 Å². The van der Waals surface area contributed by atoms with Crippen molar-refractivity contribution in [1.82, 2.24) is 25.3 Å². The number of amides is 4. The standard InChI is InChI=1S/C23H23N5O4S/c1-2-11-27(13-18-25-26-20(32-18)17-8-5-12-33-17)19(29)14-28-21(30)23(24-22(28)31)10-9-15-6-3-4-7-16(15)23/h3-8,12H,2,9-11,13-14H2,1H3,(H,24,31)/t23-/m0/s1. The van der Waals surface area contributed by atoms with Crippen LogP contribution in [0.5, 0.6) is 0 Å². The van der Waals surface area contributed by atoms with E-state index >= 15 is 0 Å². The summed E-state index contributed by atoms with van der Waals surface area (Å²) >= 11 is 1.49. The molecule has 1 aliphatic carbocycles. The van der Waals surface area contributed by atoms with Crippen LogP contribution in [-0.2, 0) is 28.1 Å². The molecule has 5 rings (SSSR count). The van der Waals surface area contributed by atoms with Gasteiger partial charge in [0.05, 0.1) is 11.4 Å². The van der Waals surface area contributed by atoms with Crippen LogP contribution in [0.15, 0.2) is 46.2 Å². The zero-order valence-corrected chi connectivity index (χ0v) is 18.9. The quantitative estimate of drug-likeness (QED) is 0.538. The Balaban J connectivity index is 1.31. The van der Waals surface area contributed by atoms with Gasteiger partial charge in [0.25, 0.3) is 11.8 Å². The number of urea groups is 1. The van der Waals surface area contributed by atoms with Gasteiger partial charge in [0.15, 0.2) is 0 Å². The minimum absolute atomic E-state index is 0.114. The largest absolute Gasteiger partial charge is 0.418 e. The number of aryl methyl sites for hydroxylation is 1. The molecule has 0 bridgehead atoms. The van der Waals surface area contributed by atoms with Gasteiger partial charge in [-0.25, -0.2) is 4.79 Å². The zero-order chi connectivity index (χ0) is 23.0. The molecular formula is C23H23N5O4S. The van der Waals surface area contributed by atoms with Gasteiger partial charge in [-0.05, 0) is 41.8 Å². The summed E-state index contributed by atoms with van der Waals surface area (Å²) in [5.74, 6) is -0.0157. The number of hydrogen-bond donors (Lipinski definition) is 1. The topological polar surface area (TPSA) is 109 Å². The van der Waals surface area contributed by atoms with Crippen molar-refractivity contribution in [2.45, 2.75) is 38.3 Å². The molecule has 3 heterocycles. The van der Waals surface area contributed by atoms with Crippen LogP contribution >= 0.6 is 11.3 Å². The van der Waals surface area contributed by atoms with E-state index in [4.69, 9.17) is 4.42 Å². The molecule has 0 saturated carbocycles. The summed E-state index contributed by atoms with van der Waals surface area (Å²) in [6.07, 6.45) is 1.90. The zero-order valence-electron chi connectivity index (χ0n) is 18.1. The van der Waals surface area contributed by atoms with Crippen molar-refractivity contribution in [1.29, 1.82) is 0 Å². The molecule has 4 amide bonds. The van der Waals surface area contributed by atoms with Crippen molar-refractivity contribution >= 4 is 29.2 Å². The lowest BCUT2D eigenvalue weighted by atomic mass is 9.92. The lowest BCUT2D eigenvalue weighted by molar-refractivity contribution is -0.139. The first-order chi connectivity index (χ1) is 16.0. The Kier molecular flexibility index (Phi) is 5.45. The van der Waals surface area contributed by atoms with E-state index in [0.717, 1.165) is 20.9 Å². The summed E-state index contributed by atoms with van der Waals surface area (Å²) < 4.78 is 5.72. The lowest BCUT2D eigenvalue weighted by Gasteiger charge is -2.24. The van der Waals surface area contributed by atoms with Crippen molar-refractivity contribution in [3.05, 3.63) is 58.8 Å². The molecule has 10 heteroatoms. The molecule has 1 atom stereocenters. The predicted molar refractivity (Wildman–Crippen MR) is 120 cm³/mol. The number of benzene rings is 1. The molecule has 9 nitrogen and oxygen atoms in total. The third kappa shape index (κ3) is 3.70. The fraction of sp³-hybridized carbons (Fsp3) is 0.348. The molecule has 1 fully saturated rings. The summed E-state index contributed by atoms with van der Waals surface area (Å²) in [6, 6.07) is 10.8. The number of nitrogens with one attached hydrogen (secondary N) is 1. The molecule has 2 aromatic heterocycles. The number of aromatic nitrogens is 2. The van der Waals surface area contributed by atoms with E-state index < -0.39 is 11.6 Å². The van der Waals surface area contributed by atoms with Crippen molar-refractivity contribution in [2.75, 3.05) is 13.1 Å². The Bertz CT molecular complexity index is 1210. The van der Waals surface area contributed by atoms with E-state index in [1.807, 2.05) is 48.7 Å². The number of nitrogens with zero attached hydrogens (tertiary/aromatic N) is 4. The molecule has 0 radical (unpaired) electrons. The van der Waals surface area contributed by atoms with E-state index in [-0.39, 0.29) is 24.9 Å². The molecule has 2 aliphatic rings. The highest BCUT2D eigenvalue weighted by molar-refractivity contribution is 7.13. The Labute approximate surface area is 194 Å². The first kappa shape index (κ1) is 21.3. The maximum Gasteiger partial charge on any atom is 0.325 e. The minimum atomic E-state index is -1.08. The van der Waals surface area contributed by atoms with E-state index in [9.17, 15) is 14.4 Å². The van der Waals surface area contributed by atoms with Gasteiger partial charge in [-0.15, -0.1) is 21.5 Å². The molecule has 1 spiro atoms. The van der Waals surface area contributed by atoms with E-state index in [1.54, 1.807) is 4.90 Å². The average molecular weight is 466 g/mol. The summed E-state index contributed by atoms with van der Waals surface area (Å²) in [5.41, 5.74) is 0.784. The fourth-order valence-corrected chi connectivity index (χ4v) is 5.16. The van der Waals surface area contributed by atoms with E-state index in [1.165, 1.54) is 11.3 Å². The number of carbonyl (C=O) groups excluding carboxylic acids is 3. The second-order valence-corrected chi connectivity index (χ2v) is 9.13. The minimum Gasteiger partial charge on any atom is -0.418 e. The summed E-state index contributed by atoms with van der Waals surface area (Å²) in [4.78, 5) is 42.6. The van der Waals surface area contributed by atoms with Gasteiger partial charge in [0.1, 0.15) is 12.1 Å². The first-order valence-corrected chi connectivity index (χ1v) is 11.8. The van der Waals surface area contributed by atoms with E-state index in [0.29, 0.717) is 37.6 Å². The lowest BCUT2D eigenvalue weighted by Crippen LogP contribution is -2.45. The van der Waals surface area contributed by atoms with Gasteiger partial charge < -0.3 is 14.6 Å². The van der Waals surface area contributed by atoms with Crippen LogP contribution in [0.2, 0.25) is 0 Å². The second-order valence-electron chi connectivity index (χ2n) is 8.18. The molecule has 3 aromatic rings. The molecule has 0 unspecified atom stereocenters. The van der Waals surface area contributed by atoms with Crippen LogP contribution in [0.3, 0.4) is 0 Å². The van der Waals surface area contributed by atoms with Gasteiger partial charge in [-0.2, -0.15) is 0 Å². The third-order valence-electron chi connectivity index (χ3n) is 6.09. The van der Waals surface area contributed by atoms with Crippen LogP contribution in [-0.4, -0.2) is 50.9 Å². The number of rotatable bonds is 7. The van der Waals surface area contributed by atoms with Crippen molar-refractivity contribution in [2.24, 2.45) is 0 Å². The molecule has 1 aromatic carbocycles. The second kappa shape index (κ2) is 8.43. The van der Waals surface area contributed by atoms with Crippen molar-refractivity contribution in [3.8, 4) is 10.8 Å². The normalized spacial score (nSPS) is 19.2. The number of hydrogen-bond acceptors (Lipinski definition) is 7. The Morgan fingerprint density at radius 3 is 2.88 bits per heavy atom. The first-order valence-electron chi connectivity index (χ1n) is 10.9. The highest BCUT2D eigenvalue weighted by atomic mass is 32.1. The SMILES string of the molecule is CCCN(Cc1nnc(-c2cccs2)o1)C(=O)CN1C(=O)N[C@]2(CCc3ccccc32)C1=O. The highest BCUT2D eigenvalue weighted by Crippen LogP contribution is 2.41. The Morgan fingerprint density at radius 1 is 1.24 bits per heavy atom. The molecule has 170 valence electrons. The van der Waals surface area contributed by atoms with Crippen LogP contribution in [0.1, 0.15) is 36.8 Å². The summed E-state index contributed by atoms with van der Waals surface area (Å²) in [6.45, 7) is 2.17. The Hall–Kier alpha value is -3.53. The number of thiophene rings is 1. The molecule has 33 heavy (non-hydrogen) atoms. The smallest absolute Gasteiger partial charge is 0.325 e. The van der Waals surface area contributed by atoms with Crippen LogP contribution in [0, 0.1) is 0 Å². The molecule has 1 N–H and O–H groups in total. The fourth-order valence-electron chi connectivity index (χ4n) is 4.51. The summed E-state index contributed by atoms with van der Waals surface area (Å²) in [5, 5.41) is 12.9. The molecule has 1 saturated heterocycles. The van der Waals surface area contributed by atoms with Gasteiger partial charge in [-0.3, -0.25) is 14.5 Å². The van der Waals surface area contributed by atoms with Crippen molar-refractivity contribution in [3.63, 3.8) is 0 Å². The highest BCUT2D eigenvalue weighted by Gasteiger charge is 2.55. The third-order valence-corrected chi connectivity index (χ3v) is 6.94. The van der Waals surface area contributed by atoms with Gasteiger partial charge in [0, 0.05) is 6.54 Å².